The lowest BCUT2D eigenvalue weighted by Gasteiger charge is -2.11. The van der Waals surface area contributed by atoms with Crippen LogP contribution in [0, 0.1) is 0 Å². The van der Waals surface area contributed by atoms with Gasteiger partial charge in [-0.3, -0.25) is 4.79 Å². The Morgan fingerprint density at radius 1 is 1.50 bits per heavy atom. The number of amides is 1. The van der Waals surface area contributed by atoms with Crippen molar-refractivity contribution in [2.24, 2.45) is 0 Å². The number of nitrogens with one attached hydrogen (secondary N) is 1. The number of hydrogen-bond donors (Lipinski definition) is 1. The number of thiocarbonyl (C=S) groups is 1. The lowest BCUT2D eigenvalue weighted by molar-refractivity contribution is -0.119. The number of hydrogen-bond acceptors (Lipinski definition) is 2. The minimum absolute atomic E-state index is 0.0803. The molecule has 1 amide bonds. The van der Waals surface area contributed by atoms with Crippen LogP contribution in [0.1, 0.15) is 12.5 Å². The molecule has 73 valence electrons. The van der Waals surface area contributed by atoms with Crippen LogP contribution < -0.4 is 5.32 Å². The van der Waals surface area contributed by atoms with Gasteiger partial charge in [0.05, 0.1) is 11.4 Å². The zero-order valence-electron chi connectivity index (χ0n) is 7.99. The van der Waals surface area contributed by atoms with Gasteiger partial charge in [-0.25, -0.2) is 0 Å². The maximum Gasteiger partial charge on any atom is 0.217 e. The summed E-state index contributed by atoms with van der Waals surface area (Å²) in [6, 6.07) is 9.71. The summed E-state index contributed by atoms with van der Waals surface area (Å²) >= 11 is 4.73. The number of rotatable bonds is 4. The molecule has 0 aliphatic rings. The van der Waals surface area contributed by atoms with E-state index in [1.165, 1.54) is 6.92 Å². The van der Waals surface area contributed by atoms with Gasteiger partial charge < -0.3 is 5.32 Å². The van der Waals surface area contributed by atoms with Gasteiger partial charge in [-0.2, -0.15) is 0 Å². The third-order valence-corrected chi connectivity index (χ3v) is 2.09. The van der Waals surface area contributed by atoms with Crippen LogP contribution in [0.25, 0.3) is 0 Å². The van der Waals surface area contributed by atoms with Gasteiger partial charge in [-0.05, 0) is 12.0 Å². The zero-order valence-corrected chi connectivity index (χ0v) is 8.80. The molecular weight excluding hydrogens is 194 g/mol. The summed E-state index contributed by atoms with van der Waals surface area (Å²) in [4.78, 5) is 10.8. The first-order chi connectivity index (χ1) is 6.72. The summed E-state index contributed by atoms with van der Waals surface area (Å²) in [5, 5.41) is 5.36. The monoisotopic (exact) mass is 206 g/mol. The van der Waals surface area contributed by atoms with Crippen LogP contribution in [0.4, 0.5) is 0 Å². The van der Waals surface area contributed by atoms with Crippen molar-refractivity contribution in [1.82, 2.24) is 5.32 Å². The summed E-state index contributed by atoms with van der Waals surface area (Å²) < 4.78 is 0. The molecule has 0 saturated heterocycles. The van der Waals surface area contributed by atoms with Crippen LogP contribution in [0.15, 0.2) is 30.3 Å². The van der Waals surface area contributed by atoms with Crippen molar-refractivity contribution in [2.75, 3.05) is 0 Å². The van der Waals surface area contributed by atoms with Gasteiger partial charge >= 0.3 is 0 Å². The molecule has 0 heterocycles. The molecule has 1 unspecified atom stereocenters. The second kappa shape index (κ2) is 5.50. The molecule has 0 aromatic heterocycles. The molecule has 1 aromatic carbocycles. The highest BCUT2D eigenvalue weighted by molar-refractivity contribution is 7.79. The van der Waals surface area contributed by atoms with Crippen molar-refractivity contribution in [3.8, 4) is 0 Å². The number of carbonyl (C=O) groups is 1. The van der Waals surface area contributed by atoms with Gasteiger partial charge in [0, 0.05) is 6.92 Å². The largest absolute Gasteiger partial charge is 0.348 e. The average molecular weight is 206 g/mol. The van der Waals surface area contributed by atoms with Gasteiger partial charge in [0.25, 0.3) is 0 Å². The van der Waals surface area contributed by atoms with Crippen LogP contribution in [0.5, 0.6) is 0 Å². The van der Waals surface area contributed by atoms with Crippen LogP contribution in [0.2, 0.25) is 0 Å². The van der Waals surface area contributed by atoms with Crippen molar-refractivity contribution in [1.29, 1.82) is 0 Å². The maximum atomic E-state index is 10.8. The van der Waals surface area contributed by atoms with Crippen molar-refractivity contribution in [3.63, 3.8) is 0 Å². The molecule has 0 saturated carbocycles. The lowest BCUT2D eigenvalue weighted by Crippen LogP contribution is -2.35. The van der Waals surface area contributed by atoms with Crippen molar-refractivity contribution < 1.29 is 4.79 Å². The predicted molar refractivity (Wildman–Crippen MR) is 60.3 cm³/mol. The topological polar surface area (TPSA) is 29.1 Å². The average Bonchev–Trinajstić information content (AvgIpc) is 2.17. The van der Waals surface area contributed by atoms with Crippen LogP contribution in [0.3, 0.4) is 0 Å². The van der Waals surface area contributed by atoms with Gasteiger partial charge in [-0.1, -0.05) is 42.5 Å². The van der Waals surface area contributed by atoms with Gasteiger partial charge in [0.15, 0.2) is 0 Å². The van der Waals surface area contributed by atoms with E-state index in [2.05, 4.69) is 10.7 Å². The Labute approximate surface area is 89.3 Å². The Bertz CT molecular complexity index is 310. The van der Waals surface area contributed by atoms with Crippen molar-refractivity contribution in [2.45, 2.75) is 19.4 Å². The minimum atomic E-state index is -0.176. The van der Waals surface area contributed by atoms with E-state index in [0.29, 0.717) is 6.42 Å². The van der Waals surface area contributed by atoms with E-state index in [9.17, 15) is 4.79 Å². The van der Waals surface area contributed by atoms with Crippen molar-refractivity contribution >= 4 is 23.5 Å². The summed E-state index contributed by atoms with van der Waals surface area (Å²) in [7, 11) is 0. The molecule has 1 N–H and O–H groups in total. The molecule has 1 atom stereocenters. The van der Waals surface area contributed by atoms with E-state index in [1.54, 1.807) is 0 Å². The Morgan fingerprint density at radius 2 is 2.14 bits per heavy atom. The highest BCUT2D eigenvalue weighted by Gasteiger charge is 2.07. The minimum Gasteiger partial charge on any atom is -0.348 e. The molecule has 1 aromatic rings. The fourth-order valence-electron chi connectivity index (χ4n) is 1.22. The highest BCUT2D eigenvalue weighted by Crippen LogP contribution is 2.02. The van der Waals surface area contributed by atoms with E-state index in [-0.39, 0.29) is 11.9 Å². The van der Waals surface area contributed by atoms with E-state index in [4.69, 9.17) is 12.2 Å². The molecule has 1 rings (SSSR count). The third kappa shape index (κ3) is 3.66. The van der Waals surface area contributed by atoms with Crippen molar-refractivity contribution in [3.05, 3.63) is 35.9 Å². The van der Waals surface area contributed by atoms with Crippen LogP contribution >= 0.6 is 12.2 Å². The molecule has 14 heavy (non-hydrogen) atoms. The number of carbonyl (C=O) groups excluding carboxylic acids is 1. The van der Waals surface area contributed by atoms with Gasteiger partial charge in [0.2, 0.25) is 5.91 Å². The summed E-state index contributed by atoms with van der Waals surface area (Å²) in [6.45, 7) is 1.48. The predicted octanol–water partition coefficient (Wildman–Crippen LogP) is 1.61. The Kier molecular flexibility index (Phi) is 4.26. The van der Waals surface area contributed by atoms with Gasteiger partial charge in [0.1, 0.15) is 0 Å². The summed E-state index contributed by atoms with van der Waals surface area (Å²) in [5.41, 5.74) is 1.14. The van der Waals surface area contributed by atoms with Crippen LogP contribution in [-0.4, -0.2) is 17.3 Å². The molecular formula is C11H12NOS. The highest BCUT2D eigenvalue weighted by atomic mass is 32.1. The third-order valence-electron chi connectivity index (χ3n) is 1.80. The summed E-state index contributed by atoms with van der Waals surface area (Å²) in [5.74, 6) is -0.0803. The molecule has 0 aliphatic carbocycles. The fraction of sp³-hybridized carbons (Fsp3) is 0.273. The zero-order chi connectivity index (χ0) is 10.4. The summed E-state index contributed by atoms with van der Waals surface area (Å²) in [6.07, 6.45) is 0.698. The van der Waals surface area contributed by atoms with E-state index in [0.717, 1.165) is 5.56 Å². The molecule has 0 fully saturated rings. The first-order valence-electron chi connectivity index (χ1n) is 4.41. The fourth-order valence-corrected chi connectivity index (χ4v) is 1.36. The standard InChI is InChI=1S/C11H12NOS/c1-9(13)12-11(8-14)7-10-5-3-2-4-6-10/h2-6,11H,7H2,1H3,(H,12,13). The second-order valence-electron chi connectivity index (χ2n) is 3.06. The first-order valence-corrected chi connectivity index (χ1v) is 4.82. The van der Waals surface area contributed by atoms with E-state index >= 15 is 0 Å². The molecule has 0 bridgehead atoms. The normalized spacial score (nSPS) is 11.8. The Balaban J connectivity index is 2.57. The molecule has 0 aliphatic heterocycles. The molecule has 1 radical (unpaired) electrons. The quantitative estimate of drug-likeness (QED) is 0.758. The Hall–Kier alpha value is -1.22. The second-order valence-corrected chi connectivity index (χ2v) is 3.30. The number of benzene rings is 1. The van der Waals surface area contributed by atoms with Crippen LogP contribution in [-0.2, 0) is 11.2 Å². The van der Waals surface area contributed by atoms with E-state index in [1.807, 2.05) is 30.3 Å². The first kappa shape index (κ1) is 10.9. The molecule has 2 nitrogen and oxygen atoms in total. The maximum absolute atomic E-state index is 10.8. The SMILES string of the molecule is CC(=O)NC([C]=S)Cc1ccccc1. The lowest BCUT2D eigenvalue weighted by atomic mass is 10.1. The molecule has 3 heteroatoms. The van der Waals surface area contributed by atoms with E-state index < -0.39 is 0 Å². The Morgan fingerprint density at radius 3 is 2.64 bits per heavy atom. The smallest absolute Gasteiger partial charge is 0.217 e. The molecule has 0 spiro atoms. The van der Waals surface area contributed by atoms with Gasteiger partial charge in [-0.15, -0.1) is 0 Å².